The van der Waals surface area contributed by atoms with Crippen LogP contribution in [0.1, 0.15) is 26.5 Å². The zero-order chi connectivity index (χ0) is 22.9. The van der Waals surface area contributed by atoms with Crippen LogP contribution in [0, 0.1) is 15.9 Å². The molecule has 30 heavy (non-hydrogen) atoms. The number of methoxy groups -OCH3 is 1. The highest BCUT2D eigenvalue weighted by Crippen LogP contribution is 2.40. The molecule has 0 aliphatic carbocycles. The van der Waals surface area contributed by atoms with Crippen molar-refractivity contribution in [2.45, 2.75) is 32.3 Å². The quantitative estimate of drug-likeness (QED) is 0.552. The normalized spacial score (nSPS) is 11.9. The monoisotopic (exact) mass is 430 g/mol. The summed E-state index contributed by atoms with van der Waals surface area (Å²) in [5, 5.41) is 16.9. The number of amides is 1. The van der Waals surface area contributed by atoms with Crippen LogP contribution >= 0.6 is 0 Å². The van der Waals surface area contributed by atoms with Gasteiger partial charge in [0, 0.05) is 30.3 Å². The Kier molecular flexibility index (Phi) is 6.28. The van der Waals surface area contributed by atoms with Crippen molar-refractivity contribution in [1.82, 2.24) is 15.1 Å². The second-order valence-electron chi connectivity index (χ2n) is 7.35. The molecule has 1 heterocycles. The van der Waals surface area contributed by atoms with E-state index in [2.05, 4.69) is 5.10 Å². The topological polar surface area (TPSA) is 109 Å². The van der Waals surface area contributed by atoms with Gasteiger partial charge >= 0.3 is 17.7 Å². The number of nitrogens with zero attached hydrogens (tertiary/aromatic N) is 3. The first-order valence-electron chi connectivity index (χ1n) is 8.66. The van der Waals surface area contributed by atoms with Crippen molar-refractivity contribution in [3.05, 3.63) is 40.0 Å². The van der Waals surface area contributed by atoms with E-state index < -0.39 is 51.8 Å². The van der Waals surface area contributed by atoms with E-state index in [0.29, 0.717) is 0 Å². The molecule has 0 bridgehead atoms. The van der Waals surface area contributed by atoms with E-state index in [1.165, 1.54) is 7.05 Å². The molecule has 9 nitrogen and oxygen atoms in total. The van der Waals surface area contributed by atoms with Gasteiger partial charge < -0.3 is 14.8 Å². The van der Waals surface area contributed by atoms with E-state index in [0.717, 1.165) is 30.1 Å². The number of halogens is 3. The lowest BCUT2D eigenvalue weighted by Crippen LogP contribution is -2.39. The highest BCUT2D eigenvalue weighted by Gasteiger charge is 2.39. The first-order valence-corrected chi connectivity index (χ1v) is 8.66. The molecule has 0 saturated carbocycles. The van der Waals surface area contributed by atoms with Crippen LogP contribution < -0.4 is 10.1 Å². The predicted octanol–water partition coefficient (Wildman–Crippen LogP) is 3.76. The summed E-state index contributed by atoms with van der Waals surface area (Å²) in [6, 6.07) is 1.54. The lowest BCUT2D eigenvalue weighted by molar-refractivity contribution is -0.385. The zero-order valence-electron chi connectivity index (χ0n) is 17.0. The van der Waals surface area contributed by atoms with Crippen molar-refractivity contribution in [2.24, 2.45) is 7.05 Å². The molecule has 0 saturated heterocycles. The number of aromatic nitrogens is 2. The summed E-state index contributed by atoms with van der Waals surface area (Å²) in [5.41, 5.74) is -3.04. The molecule has 0 radical (unpaired) electrons. The fourth-order valence-corrected chi connectivity index (χ4v) is 2.71. The van der Waals surface area contributed by atoms with Crippen molar-refractivity contribution in [1.29, 1.82) is 0 Å². The van der Waals surface area contributed by atoms with Crippen molar-refractivity contribution >= 4 is 11.8 Å². The maximum atomic E-state index is 14.9. The summed E-state index contributed by atoms with van der Waals surface area (Å²) >= 11 is 0. The summed E-state index contributed by atoms with van der Waals surface area (Å²) < 4.78 is 54.9. The summed E-state index contributed by atoms with van der Waals surface area (Å²) in [6.07, 6.45) is -0.0946. The Hall–Kier alpha value is -3.31. The van der Waals surface area contributed by atoms with E-state index >= 15 is 0 Å². The molecule has 2 aromatic rings. The molecule has 1 aromatic heterocycles. The minimum atomic E-state index is -3.70. The number of hydrogen-bond acceptors (Lipinski definition) is 6. The predicted molar refractivity (Wildman–Crippen MR) is 99.9 cm³/mol. The first kappa shape index (κ1) is 23.0. The van der Waals surface area contributed by atoms with Crippen molar-refractivity contribution < 1.29 is 32.4 Å². The van der Waals surface area contributed by atoms with Crippen LogP contribution in [-0.2, 0) is 17.7 Å². The first-order chi connectivity index (χ1) is 13.8. The summed E-state index contributed by atoms with van der Waals surface area (Å²) in [5.74, 6) is -5.06. The number of benzene rings is 1. The van der Waals surface area contributed by atoms with Crippen molar-refractivity contribution in [3.63, 3.8) is 0 Å². The Morgan fingerprint density at radius 3 is 2.47 bits per heavy atom. The van der Waals surface area contributed by atoms with Crippen LogP contribution in [0.3, 0.4) is 0 Å². The number of nitrogens with one attached hydrogen (secondary N) is 1. The summed E-state index contributed by atoms with van der Waals surface area (Å²) in [6.45, 7) is 3.56. The maximum Gasteiger partial charge on any atom is 0.407 e. The van der Waals surface area contributed by atoms with Gasteiger partial charge in [-0.05, 0) is 20.8 Å². The average Bonchev–Trinajstić information content (AvgIpc) is 3.00. The Balaban J connectivity index is 2.45. The zero-order valence-corrected chi connectivity index (χ0v) is 17.0. The Morgan fingerprint density at radius 1 is 1.30 bits per heavy atom. The molecule has 0 fully saturated rings. The van der Waals surface area contributed by atoms with E-state index in [9.17, 15) is 28.1 Å². The number of aryl methyl sites for hydroxylation is 1. The SMILES string of the molecule is COc1cc(F)c(-c2cnn(C)c2C(F)(F)CNC(=O)OC(C)(C)C)cc1[N+](=O)[O-]. The van der Waals surface area contributed by atoms with Gasteiger partial charge in [-0.3, -0.25) is 14.8 Å². The van der Waals surface area contributed by atoms with Gasteiger partial charge in [-0.2, -0.15) is 13.9 Å². The number of rotatable bonds is 6. The van der Waals surface area contributed by atoms with Crippen LogP contribution in [0.2, 0.25) is 0 Å². The third kappa shape index (κ3) is 4.99. The van der Waals surface area contributed by atoms with Gasteiger partial charge in [-0.25, -0.2) is 9.18 Å². The lowest BCUT2D eigenvalue weighted by Gasteiger charge is -2.22. The number of nitro benzene ring substituents is 1. The smallest absolute Gasteiger partial charge is 0.407 e. The molecular formula is C18H21F3N4O5. The molecule has 12 heteroatoms. The van der Waals surface area contributed by atoms with Crippen LogP contribution in [0.4, 0.5) is 23.7 Å². The molecule has 1 N–H and O–H groups in total. The molecule has 164 valence electrons. The number of carbonyl (C=O) groups excluding carboxylic acids is 1. The fraction of sp³-hybridized carbons (Fsp3) is 0.444. The van der Waals surface area contributed by atoms with Gasteiger partial charge in [0.25, 0.3) is 0 Å². The summed E-state index contributed by atoms with van der Waals surface area (Å²) in [4.78, 5) is 22.1. The van der Waals surface area contributed by atoms with E-state index in [-0.39, 0.29) is 11.3 Å². The molecule has 0 unspecified atom stereocenters. The highest BCUT2D eigenvalue weighted by atomic mass is 19.3. The molecule has 1 aromatic carbocycles. The molecule has 0 aliphatic heterocycles. The van der Waals surface area contributed by atoms with Gasteiger partial charge in [-0.15, -0.1) is 0 Å². The van der Waals surface area contributed by atoms with Crippen LogP contribution in [0.25, 0.3) is 11.1 Å². The van der Waals surface area contributed by atoms with E-state index in [1.807, 2.05) is 5.32 Å². The van der Waals surface area contributed by atoms with E-state index in [4.69, 9.17) is 9.47 Å². The Bertz CT molecular complexity index is 969. The lowest BCUT2D eigenvalue weighted by atomic mass is 10.0. The van der Waals surface area contributed by atoms with Crippen LogP contribution in [-0.4, -0.2) is 40.1 Å². The molecule has 0 aliphatic rings. The third-order valence-corrected chi connectivity index (χ3v) is 3.89. The number of nitro groups is 1. The fourth-order valence-electron chi connectivity index (χ4n) is 2.71. The number of hydrogen-bond donors (Lipinski definition) is 1. The molecule has 1 amide bonds. The van der Waals surface area contributed by atoms with Crippen LogP contribution in [0.5, 0.6) is 5.75 Å². The second kappa shape index (κ2) is 8.20. The Morgan fingerprint density at radius 2 is 1.93 bits per heavy atom. The highest BCUT2D eigenvalue weighted by molar-refractivity contribution is 5.72. The second-order valence-corrected chi connectivity index (χ2v) is 7.35. The van der Waals surface area contributed by atoms with Crippen molar-refractivity contribution in [3.8, 4) is 16.9 Å². The number of carbonyl (C=O) groups is 1. The van der Waals surface area contributed by atoms with Gasteiger partial charge in [0.05, 0.1) is 24.8 Å². The number of alkyl carbamates (subject to hydrolysis) is 1. The van der Waals surface area contributed by atoms with Crippen molar-refractivity contribution in [2.75, 3.05) is 13.7 Å². The van der Waals surface area contributed by atoms with Gasteiger partial charge in [0.2, 0.25) is 0 Å². The molecule has 0 atom stereocenters. The van der Waals surface area contributed by atoms with Crippen LogP contribution in [0.15, 0.2) is 18.3 Å². The van der Waals surface area contributed by atoms with Gasteiger partial charge in [0.15, 0.2) is 5.75 Å². The minimum Gasteiger partial charge on any atom is -0.490 e. The third-order valence-electron chi connectivity index (χ3n) is 3.89. The van der Waals surface area contributed by atoms with Gasteiger partial charge in [-0.1, -0.05) is 0 Å². The average molecular weight is 430 g/mol. The van der Waals surface area contributed by atoms with E-state index in [1.54, 1.807) is 20.8 Å². The standard InChI is InChI=1S/C18H21F3N4O5/c1-17(2,3)30-16(26)22-9-18(20,21)15-11(8-23-24(15)4)10-6-13(25(27)28)14(29-5)7-12(10)19/h6-8H,9H2,1-5H3,(H,22,26). The molecular weight excluding hydrogens is 409 g/mol. The van der Waals surface area contributed by atoms with Gasteiger partial charge in [0.1, 0.15) is 17.1 Å². The largest absolute Gasteiger partial charge is 0.490 e. The number of alkyl halides is 2. The minimum absolute atomic E-state index is 0.356. The number of ether oxygens (including phenoxy) is 2. The molecule has 0 spiro atoms. The summed E-state index contributed by atoms with van der Waals surface area (Å²) in [7, 11) is 2.32. The maximum absolute atomic E-state index is 14.9. The Labute approximate surface area is 169 Å². The molecule has 2 rings (SSSR count).